The Bertz CT molecular complexity index is 5070. The molecule has 0 aliphatic rings. The molecule has 0 saturated heterocycles. The fourth-order valence-electron chi connectivity index (χ4n) is 12.4. The number of aromatic nitrogens is 6. The van der Waals surface area contributed by atoms with Gasteiger partial charge in [-0.05, 0) is 54.6 Å². The fourth-order valence-corrected chi connectivity index (χ4v) is 13.6. The van der Waals surface area contributed by atoms with Crippen molar-refractivity contribution in [3.8, 4) is 46.3 Å². The van der Waals surface area contributed by atoms with Crippen LogP contribution in [0, 0.1) is 22.7 Å². The number of benzene rings is 10. The van der Waals surface area contributed by atoms with Gasteiger partial charge in [0.15, 0.2) is 5.82 Å². The van der Waals surface area contributed by atoms with Crippen molar-refractivity contribution in [3.63, 3.8) is 0 Å². The Hall–Kier alpha value is -10.3. The molecule has 10 aromatic carbocycles. The minimum Gasteiger partial charge on any atom is -0.306 e. The quantitative estimate of drug-likeness (QED) is 0.172. The van der Waals surface area contributed by atoms with Crippen LogP contribution in [-0.2, 0) is 0 Å². The molecule has 9 heteroatoms. The number of hydrogen-bond donors (Lipinski definition) is 0. The molecule has 6 aromatic heterocycles. The Kier molecular flexibility index (Phi) is 8.59. The van der Waals surface area contributed by atoms with Gasteiger partial charge in [-0.3, -0.25) is 0 Å². The molecule has 16 rings (SSSR count). The highest BCUT2D eigenvalue weighted by Gasteiger charge is 2.35. The van der Waals surface area contributed by atoms with Gasteiger partial charge in [-0.15, -0.1) is 11.3 Å². The molecule has 8 nitrogen and oxygen atoms in total. The Morgan fingerprint density at radius 1 is 0.333 bits per heavy atom. The van der Waals surface area contributed by atoms with Crippen LogP contribution in [0.1, 0.15) is 11.1 Å². The molecule has 0 aliphatic heterocycles. The maximum Gasteiger partial charge on any atom is 0.159 e. The van der Waals surface area contributed by atoms with Crippen LogP contribution in [-0.4, -0.2) is 28.2 Å². The minimum absolute atomic E-state index is 0.396. The lowest BCUT2D eigenvalue weighted by Crippen LogP contribution is -2.16. The molecule has 6 heterocycles. The highest BCUT2D eigenvalue weighted by molar-refractivity contribution is 7.26. The van der Waals surface area contributed by atoms with E-state index in [1.165, 1.54) is 0 Å². The lowest BCUT2D eigenvalue weighted by molar-refractivity contribution is 1.02. The van der Waals surface area contributed by atoms with Crippen molar-refractivity contribution in [1.82, 2.24) is 28.2 Å². The van der Waals surface area contributed by atoms with E-state index in [4.69, 9.17) is 9.97 Å². The summed E-state index contributed by atoms with van der Waals surface area (Å²) in [6, 6.07) is 77.6. The van der Waals surface area contributed by atoms with Gasteiger partial charge < -0.3 is 18.3 Å². The van der Waals surface area contributed by atoms with Crippen molar-refractivity contribution in [1.29, 1.82) is 10.5 Å². The van der Waals surface area contributed by atoms with E-state index in [-0.39, 0.29) is 0 Å². The third-order valence-corrected chi connectivity index (χ3v) is 16.5. The average Bonchev–Trinajstić information content (AvgIpc) is 4.37. The van der Waals surface area contributed by atoms with Crippen LogP contribution in [0.5, 0.6) is 0 Å². The molecule has 16 aromatic rings. The SMILES string of the molecule is N#Cc1c(-n2c3ccccc3c3ccccc32)c(-n2c3ccccc3c3ccccc32)c(C#N)c(-n2c3cc(-c4ncccn4)ccc3c3ccc4c5ccccc5sc4c32)c1-n1c2ccccc2c2ccccc21. The monoisotopic (exact) mass is 972 g/mol. The van der Waals surface area contributed by atoms with E-state index in [2.05, 4.69) is 231 Å². The molecule has 0 unspecified atom stereocenters. The average molecular weight is 973 g/mol. The minimum atomic E-state index is 0.396. The standard InChI is InChI=1S/C66H36N8S/c67-37-50-60(71-52-23-8-1-16-40(52)41-17-2-9-24-53(41)71)61(72-54-25-10-3-18-42(54)43-19-4-11-26-55(43)72)51(38-68)63(62(50)73-56-27-12-5-20-44(56)45-21-6-13-28-57(45)73)74-58-36-39(66-69-34-15-35-70-66)30-31-46(58)48-32-33-49-47-22-7-14-29-59(47)75-65(49)64(48)74/h1-36H. The van der Waals surface area contributed by atoms with Gasteiger partial charge in [0.2, 0.25) is 0 Å². The first-order valence-corrected chi connectivity index (χ1v) is 25.7. The number of para-hydroxylation sites is 6. The predicted molar refractivity (Wildman–Crippen MR) is 307 cm³/mol. The smallest absolute Gasteiger partial charge is 0.159 e. The molecular formula is C66H36N8S. The first kappa shape index (κ1) is 41.3. The van der Waals surface area contributed by atoms with Crippen LogP contribution in [0.15, 0.2) is 219 Å². The summed E-state index contributed by atoms with van der Waals surface area (Å²) in [6.07, 6.45) is 3.53. The van der Waals surface area contributed by atoms with Crippen molar-refractivity contribution >= 4 is 119 Å². The van der Waals surface area contributed by atoms with E-state index >= 15 is 0 Å². The second-order valence-corrected chi connectivity index (χ2v) is 20.1. The summed E-state index contributed by atoms with van der Waals surface area (Å²) in [5.74, 6) is 0.580. The summed E-state index contributed by atoms with van der Waals surface area (Å²) in [4.78, 5) is 9.50. The lowest BCUT2D eigenvalue weighted by atomic mass is 9.98. The third kappa shape index (κ3) is 5.56. The molecule has 0 amide bonds. The van der Waals surface area contributed by atoms with E-state index in [9.17, 15) is 10.5 Å². The number of nitrogens with zero attached hydrogens (tertiary/aromatic N) is 8. The molecule has 0 bridgehead atoms. The van der Waals surface area contributed by atoms with Crippen molar-refractivity contribution in [2.24, 2.45) is 0 Å². The van der Waals surface area contributed by atoms with Gasteiger partial charge in [0.1, 0.15) is 23.3 Å². The Labute approximate surface area is 431 Å². The van der Waals surface area contributed by atoms with E-state index < -0.39 is 0 Å². The number of rotatable bonds is 5. The van der Waals surface area contributed by atoms with Crippen LogP contribution in [0.25, 0.3) is 142 Å². The molecule has 0 spiro atoms. The first-order valence-electron chi connectivity index (χ1n) is 24.9. The van der Waals surface area contributed by atoms with Crippen LogP contribution in [0.3, 0.4) is 0 Å². The lowest BCUT2D eigenvalue weighted by Gasteiger charge is -2.27. The number of fused-ring (bicyclic) bond motifs is 16. The highest BCUT2D eigenvalue weighted by Crippen LogP contribution is 2.51. The van der Waals surface area contributed by atoms with E-state index in [0.29, 0.717) is 39.7 Å². The van der Waals surface area contributed by atoms with Crippen LogP contribution in [0.4, 0.5) is 0 Å². The molecule has 0 radical (unpaired) electrons. The largest absolute Gasteiger partial charge is 0.306 e. The Morgan fingerprint density at radius 2 is 0.693 bits per heavy atom. The first-order chi connectivity index (χ1) is 37.2. The summed E-state index contributed by atoms with van der Waals surface area (Å²) in [5, 5.41) is 36.0. The zero-order valence-electron chi connectivity index (χ0n) is 39.8. The van der Waals surface area contributed by atoms with Gasteiger partial charge in [0.05, 0.1) is 71.6 Å². The number of hydrogen-bond acceptors (Lipinski definition) is 5. The summed E-state index contributed by atoms with van der Waals surface area (Å²) >= 11 is 1.75. The molecule has 0 N–H and O–H groups in total. The zero-order chi connectivity index (χ0) is 49.5. The van der Waals surface area contributed by atoms with Crippen molar-refractivity contribution in [3.05, 3.63) is 230 Å². The number of nitriles is 2. The Morgan fingerprint density at radius 3 is 1.13 bits per heavy atom. The summed E-state index contributed by atoms with van der Waals surface area (Å²) in [7, 11) is 0. The normalized spacial score (nSPS) is 12.0. The van der Waals surface area contributed by atoms with E-state index in [1.807, 2.05) is 6.07 Å². The van der Waals surface area contributed by atoms with E-state index in [0.717, 1.165) is 113 Å². The molecule has 75 heavy (non-hydrogen) atoms. The maximum atomic E-state index is 12.8. The highest BCUT2D eigenvalue weighted by atomic mass is 32.1. The number of thiophene rings is 1. The third-order valence-electron chi connectivity index (χ3n) is 15.4. The molecule has 0 aliphatic carbocycles. The van der Waals surface area contributed by atoms with Gasteiger partial charge in [-0.1, -0.05) is 152 Å². The molecule has 0 fully saturated rings. The zero-order valence-corrected chi connectivity index (χ0v) is 40.6. The summed E-state index contributed by atoms with van der Waals surface area (Å²) in [5.41, 5.74) is 11.2. The molecule has 0 atom stereocenters. The van der Waals surface area contributed by atoms with Gasteiger partial charge in [-0.2, -0.15) is 10.5 Å². The topological polar surface area (TPSA) is 93.1 Å². The van der Waals surface area contributed by atoms with Crippen LogP contribution < -0.4 is 0 Å². The Balaban J connectivity index is 1.24. The molecule has 346 valence electrons. The second-order valence-electron chi connectivity index (χ2n) is 19.1. The summed E-state index contributed by atoms with van der Waals surface area (Å²) < 4.78 is 11.3. The van der Waals surface area contributed by atoms with E-state index in [1.54, 1.807) is 23.7 Å². The van der Waals surface area contributed by atoms with Crippen molar-refractivity contribution in [2.45, 2.75) is 0 Å². The maximum absolute atomic E-state index is 12.8. The molecular weight excluding hydrogens is 937 g/mol. The second kappa shape index (κ2) is 15.6. The van der Waals surface area contributed by atoms with Crippen molar-refractivity contribution in [2.75, 3.05) is 0 Å². The van der Waals surface area contributed by atoms with Crippen LogP contribution >= 0.6 is 11.3 Å². The van der Waals surface area contributed by atoms with Gasteiger partial charge in [-0.25, -0.2) is 9.97 Å². The van der Waals surface area contributed by atoms with Gasteiger partial charge in [0.25, 0.3) is 0 Å². The van der Waals surface area contributed by atoms with Gasteiger partial charge in [0, 0.05) is 76.5 Å². The van der Waals surface area contributed by atoms with Crippen LogP contribution in [0.2, 0.25) is 0 Å². The predicted octanol–water partition coefficient (Wildman–Crippen LogP) is 16.6. The summed E-state index contributed by atoms with van der Waals surface area (Å²) in [6.45, 7) is 0. The molecule has 0 saturated carbocycles. The van der Waals surface area contributed by atoms with Crippen molar-refractivity contribution < 1.29 is 0 Å². The van der Waals surface area contributed by atoms with Gasteiger partial charge >= 0.3 is 0 Å². The fraction of sp³-hybridized carbons (Fsp3) is 0.